The predicted molar refractivity (Wildman–Crippen MR) is 159 cm³/mol. The van der Waals surface area contributed by atoms with Gasteiger partial charge in [0.05, 0.1) is 42.4 Å². The first-order chi connectivity index (χ1) is 20.4. The van der Waals surface area contributed by atoms with Gasteiger partial charge in [-0.2, -0.15) is 4.31 Å². The molecule has 0 saturated heterocycles. The summed E-state index contributed by atoms with van der Waals surface area (Å²) < 4.78 is 52.7. The number of anilines is 2. The van der Waals surface area contributed by atoms with E-state index in [0.29, 0.717) is 11.4 Å². The maximum atomic E-state index is 13.7. The highest BCUT2D eigenvalue weighted by molar-refractivity contribution is 7.89. The Labute approximate surface area is 250 Å². The Hall–Kier alpha value is -4.20. The topological polar surface area (TPSA) is 138 Å². The molecule has 0 aromatic heterocycles. The minimum atomic E-state index is -4.01. The van der Waals surface area contributed by atoms with Gasteiger partial charge in [0.2, 0.25) is 10.0 Å². The number of sulfonamides is 1. The van der Waals surface area contributed by atoms with Crippen molar-refractivity contribution >= 4 is 33.3 Å². The second kappa shape index (κ2) is 13.4. The highest BCUT2D eigenvalue weighted by atomic mass is 32.2. The maximum absolute atomic E-state index is 13.7. The van der Waals surface area contributed by atoms with Crippen molar-refractivity contribution in [3.63, 3.8) is 0 Å². The summed E-state index contributed by atoms with van der Waals surface area (Å²) in [6.07, 6.45) is -0.784. The average molecular weight is 615 g/mol. The van der Waals surface area contributed by atoms with Crippen molar-refractivity contribution in [1.29, 1.82) is 0 Å². The highest BCUT2D eigenvalue weighted by Crippen LogP contribution is 2.35. The van der Waals surface area contributed by atoms with E-state index in [1.807, 2.05) is 6.92 Å². The molecular formula is C30H35FN4O7S. The molecular weight excluding hydrogens is 579 g/mol. The van der Waals surface area contributed by atoms with Crippen LogP contribution in [0.1, 0.15) is 24.2 Å². The summed E-state index contributed by atoms with van der Waals surface area (Å²) in [5.74, 6) is -0.687. The molecule has 4 rings (SSSR count). The summed E-state index contributed by atoms with van der Waals surface area (Å²) in [5.41, 5.74) is 0.830. The van der Waals surface area contributed by atoms with E-state index in [4.69, 9.17) is 9.47 Å². The van der Waals surface area contributed by atoms with Crippen molar-refractivity contribution in [2.75, 3.05) is 44.5 Å². The molecule has 0 bridgehead atoms. The number of nitrogens with one attached hydrogen (secondary N) is 2. The van der Waals surface area contributed by atoms with E-state index in [-0.39, 0.29) is 41.6 Å². The molecule has 3 amide bonds. The van der Waals surface area contributed by atoms with Gasteiger partial charge in [-0.25, -0.2) is 17.6 Å². The number of rotatable bonds is 9. The number of carbonyl (C=O) groups is 2. The van der Waals surface area contributed by atoms with Crippen LogP contribution in [-0.4, -0.2) is 80.7 Å². The van der Waals surface area contributed by atoms with Crippen LogP contribution in [0.3, 0.4) is 0 Å². The van der Waals surface area contributed by atoms with Gasteiger partial charge in [-0.15, -0.1) is 0 Å². The number of ether oxygens (including phenoxy) is 2. The lowest BCUT2D eigenvalue weighted by Crippen LogP contribution is -2.50. The van der Waals surface area contributed by atoms with Crippen LogP contribution in [0.25, 0.3) is 0 Å². The first kappa shape index (κ1) is 31.7. The fourth-order valence-electron chi connectivity index (χ4n) is 4.66. The van der Waals surface area contributed by atoms with Crippen LogP contribution in [-0.2, 0) is 10.0 Å². The molecule has 43 heavy (non-hydrogen) atoms. The van der Waals surface area contributed by atoms with Gasteiger partial charge in [0.15, 0.2) is 5.75 Å². The first-order valence-electron chi connectivity index (χ1n) is 13.6. The molecule has 1 aliphatic rings. The molecule has 3 N–H and O–H groups in total. The van der Waals surface area contributed by atoms with Crippen LogP contribution in [0.2, 0.25) is 0 Å². The molecule has 1 heterocycles. The van der Waals surface area contributed by atoms with E-state index in [1.165, 1.54) is 31.2 Å². The maximum Gasteiger partial charge on any atom is 0.323 e. The number of benzene rings is 3. The average Bonchev–Trinajstić information content (AvgIpc) is 2.99. The van der Waals surface area contributed by atoms with Gasteiger partial charge < -0.3 is 30.1 Å². The third-order valence-corrected chi connectivity index (χ3v) is 9.08. The quantitative estimate of drug-likeness (QED) is 0.331. The molecule has 0 radical (unpaired) electrons. The van der Waals surface area contributed by atoms with Gasteiger partial charge >= 0.3 is 6.03 Å². The Bertz CT molecular complexity index is 1550. The third-order valence-electron chi connectivity index (χ3n) is 7.25. The normalized spacial score (nSPS) is 17.7. The Balaban J connectivity index is 1.67. The molecule has 0 saturated carbocycles. The van der Waals surface area contributed by atoms with E-state index in [9.17, 15) is 27.5 Å². The molecule has 13 heteroatoms. The highest BCUT2D eigenvalue weighted by Gasteiger charge is 2.36. The summed E-state index contributed by atoms with van der Waals surface area (Å²) in [6, 6.07) is 14.8. The number of aliphatic hydroxyl groups is 1. The van der Waals surface area contributed by atoms with Crippen LogP contribution >= 0.6 is 0 Å². The van der Waals surface area contributed by atoms with Crippen molar-refractivity contribution in [1.82, 2.24) is 9.21 Å². The Kier molecular flexibility index (Phi) is 9.89. The molecule has 0 unspecified atom stereocenters. The van der Waals surface area contributed by atoms with Crippen molar-refractivity contribution in [3.05, 3.63) is 78.1 Å². The van der Waals surface area contributed by atoms with Gasteiger partial charge in [-0.3, -0.25) is 4.79 Å². The number of para-hydroxylation sites is 1. The molecule has 0 fully saturated rings. The molecule has 230 valence electrons. The van der Waals surface area contributed by atoms with Crippen molar-refractivity contribution in [2.45, 2.75) is 30.9 Å². The van der Waals surface area contributed by atoms with Crippen LogP contribution in [0, 0.1) is 11.7 Å². The third kappa shape index (κ3) is 7.24. The summed E-state index contributed by atoms with van der Waals surface area (Å²) >= 11 is 0. The minimum Gasteiger partial charge on any atom is -0.497 e. The molecule has 3 aromatic carbocycles. The van der Waals surface area contributed by atoms with Crippen LogP contribution in [0.15, 0.2) is 71.6 Å². The standard InChI is InChI=1S/C30H35FN4O7S/c1-19-16-35(20(2)18-36)29(37)25-6-5-7-26(33-30(38)32-22-10-12-23(41-4)13-11-22)28(25)42-27(19)17-34(3)43(39,40)24-14-8-21(31)9-15-24/h5-15,19-20,27,36H,16-18H2,1-4H3,(H2,32,33,38)/t19-,20-,27+/m0/s1. The summed E-state index contributed by atoms with van der Waals surface area (Å²) in [6.45, 7) is 3.27. The number of halogens is 1. The number of carbonyl (C=O) groups excluding carboxylic acids is 2. The fraction of sp³-hybridized carbons (Fsp3) is 0.333. The summed E-state index contributed by atoms with van der Waals surface area (Å²) in [7, 11) is -1.09. The number of hydrogen-bond acceptors (Lipinski definition) is 7. The second-order valence-corrected chi connectivity index (χ2v) is 12.4. The zero-order valence-electron chi connectivity index (χ0n) is 24.3. The smallest absolute Gasteiger partial charge is 0.323 e. The van der Waals surface area contributed by atoms with Crippen LogP contribution < -0.4 is 20.1 Å². The zero-order chi connectivity index (χ0) is 31.3. The summed E-state index contributed by atoms with van der Waals surface area (Å²) in [4.78, 5) is 28.1. The minimum absolute atomic E-state index is 0.0663. The molecule has 0 aliphatic carbocycles. The van der Waals surface area contributed by atoms with Gasteiger partial charge in [-0.05, 0) is 67.6 Å². The van der Waals surface area contributed by atoms with Crippen LogP contribution in [0.5, 0.6) is 11.5 Å². The number of fused-ring (bicyclic) bond motifs is 1. The Morgan fingerprint density at radius 1 is 1.14 bits per heavy atom. The van der Waals surface area contributed by atoms with Crippen molar-refractivity contribution in [2.24, 2.45) is 5.92 Å². The molecule has 3 atom stereocenters. The fourth-order valence-corrected chi connectivity index (χ4v) is 5.84. The van der Waals surface area contributed by atoms with Crippen molar-refractivity contribution in [3.8, 4) is 11.5 Å². The van der Waals surface area contributed by atoms with Gasteiger partial charge in [0, 0.05) is 25.2 Å². The molecule has 11 nitrogen and oxygen atoms in total. The molecule has 1 aliphatic heterocycles. The van der Waals surface area contributed by atoms with E-state index in [0.717, 1.165) is 16.4 Å². The lowest BCUT2D eigenvalue weighted by Gasteiger charge is -2.38. The number of urea groups is 1. The number of methoxy groups -OCH3 is 1. The number of nitrogens with zero attached hydrogens (tertiary/aromatic N) is 2. The van der Waals surface area contributed by atoms with E-state index in [1.54, 1.807) is 49.4 Å². The first-order valence-corrected chi connectivity index (χ1v) is 15.0. The Morgan fingerprint density at radius 2 is 1.81 bits per heavy atom. The predicted octanol–water partition coefficient (Wildman–Crippen LogP) is 4.02. The number of amides is 3. The van der Waals surface area contributed by atoms with Gasteiger partial charge in [-0.1, -0.05) is 13.0 Å². The summed E-state index contributed by atoms with van der Waals surface area (Å²) in [5, 5.41) is 15.3. The molecule has 0 spiro atoms. The van der Waals surface area contributed by atoms with Gasteiger partial charge in [0.25, 0.3) is 5.91 Å². The zero-order valence-corrected chi connectivity index (χ0v) is 25.1. The lowest BCUT2D eigenvalue weighted by atomic mass is 9.99. The van der Waals surface area contributed by atoms with E-state index in [2.05, 4.69) is 10.6 Å². The number of hydrogen-bond donors (Lipinski definition) is 3. The largest absolute Gasteiger partial charge is 0.497 e. The number of likely N-dealkylation sites (N-methyl/N-ethyl adjacent to an activating group) is 1. The van der Waals surface area contributed by atoms with E-state index < -0.39 is 45.8 Å². The van der Waals surface area contributed by atoms with E-state index >= 15 is 0 Å². The monoisotopic (exact) mass is 614 g/mol. The SMILES string of the molecule is COc1ccc(NC(=O)Nc2cccc3c2O[C@H](CN(C)S(=O)(=O)c2ccc(F)cc2)[C@@H](C)CN([C@@H](C)CO)C3=O)cc1. The van der Waals surface area contributed by atoms with Gasteiger partial charge in [0.1, 0.15) is 17.7 Å². The van der Waals surface area contributed by atoms with Crippen LogP contribution in [0.4, 0.5) is 20.6 Å². The van der Waals surface area contributed by atoms with Crippen molar-refractivity contribution < 1.29 is 37.0 Å². The lowest BCUT2D eigenvalue weighted by molar-refractivity contribution is 0.0389. The number of aliphatic hydroxyl groups excluding tert-OH is 1. The second-order valence-electron chi connectivity index (χ2n) is 10.4. The molecule has 3 aromatic rings. The Morgan fingerprint density at radius 3 is 2.44 bits per heavy atom.